The minimum absolute atomic E-state index is 0.158. The molecule has 1 aliphatic heterocycles. The number of nitrogens with one attached hydrogen (secondary N) is 1. The molecule has 4 rings (SSSR count). The first kappa shape index (κ1) is 18.1. The Morgan fingerprint density at radius 1 is 1.04 bits per heavy atom. The van der Waals surface area contributed by atoms with Crippen molar-refractivity contribution in [3.8, 4) is 0 Å². The zero-order valence-electron chi connectivity index (χ0n) is 15.0. The van der Waals surface area contributed by atoms with E-state index in [1.165, 1.54) is 31.0 Å². The fourth-order valence-corrected chi connectivity index (χ4v) is 4.78. The van der Waals surface area contributed by atoms with Gasteiger partial charge < -0.3 is 10.2 Å². The molecule has 3 aromatic rings. The van der Waals surface area contributed by atoms with Gasteiger partial charge >= 0.3 is 0 Å². The monoisotopic (exact) mass is 396 g/mol. The molecule has 0 bridgehead atoms. The second-order valence-electron chi connectivity index (χ2n) is 6.69. The zero-order valence-corrected chi connectivity index (χ0v) is 16.5. The normalized spacial score (nSPS) is 14.8. The summed E-state index contributed by atoms with van der Waals surface area (Å²) in [5.74, 6) is -0.158. The van der Waals surface area contributed by atoms with Crippen LogP contribution in [0.1, 0.15) is 24.1 Å². The van der Waals surface area contributed by atoms with Gasteiger partial charge in [-0.25, -0.2) is 0 Å². The van der Waals surface area contributed by atoms with Crippen molar-refractivity contribution in [1.82, 2.24) is 0 Å². The molecule has 2 heterocycles. The van der Waals surface area contributed by atoms with Gasteiger partial charge in [-0.1, -0.05) is 29.8 Å². The second kappa shape index (κ2) is 8.15. The van der Waals surface area contributed by atoms with E-state index < -0.39 is 0 Å². The highest BCUT2D eigenvalue weighted by molar-refractivity contribution is 7.20. The van der Waals surface area contributed by atoms with Crippen molar-refractivity contribution in [2.24, 2.45) is 0 Å². The maximum Gasteiger partial charge on any atom is 0.248 e. The SMILES string of the molecule is O=C(/C=C/c1sc2ccccc2c1Cl)Nc1ccc(N2CCCCC2)cc1. The van der Waals surface area contributed by atoms with E-state index >= 15 is 0 Å². The average molecular weight is 397 g/mol. The highest BCUT2D eigenvalue weighted by Gasteiger charge is 2.11. The third-order valence-electron chi connectivity index (χ3n) is 4.80. The minimum atomic E-state index is -0.158. The Labute approximate surface area is 168 Å². The van der Waals surface area contributed by atoms with Gasteiger partial charge in [0.25, 0.3) is 0 Å². The quantitative estimate of drug-likeness (QED) is 0.532. The van der Waals surface area contributed by atoms with Gasteiger partial charge in [-0.2, -0.15) is 0 Å². The Morgan fingerprint density at radius 3 is 2.52 bits per heavy atom. The Hall–Kier alpha value is -2.30. The van der Waals surface area contributed by atoms with Crippen LogP contribution in [0.3, 0.4) is 0 Å². The molecule has 1 aliphatic rings. The number of carbonyl (C=O) groups is 1. The highest BCUT2D eigenvalue weighted by atomic mass is 35.5. The molecular formula is C22H21ClN2OS. The summed E-state index contributed by atoms with van der Waals surface area (Å²) < 4.78 is 1.12. The number of benzene rings is 2. The van der Waals surface area contributed by atoms with E-state index in [1.54, 1.807) is 17.4 Å². The Morgan fingerprint density at radius 2 is 1.78 bits per heavy atom. The van der Waals surface area contributed by atoms with Gasteiger partial charge in [-0.15, -0.1) is 11.3 Å². The van der Waals surface area contributed by atoms with Crippen LogP contribution in [0, 0.1) is 0 Å². The second-order valence-corrected chi connectivity index (χ2v) is 8.16. The summed E-state index contributed by atoms with van der Waals surface area (Å²) in [7, 11) is 0. The van der Waals surface area contributed by atoms with E-state index in [-0.39, 0.29) is 5.91 Å². The molecule has 0 aliphatic carbocycles. The molecule has 2 aromatic carbocycles. The molecule has 27 heavy (non-hydrogen) atoms. The van der Waals surface area contributed by atoms with Gasteiger partial charge in [0.2, 0.25) is 5.91 Å². The number of hydrogen-bond acceptors (Lipinski definition) is 3. The van der Waals surface area contributed by atoms with Gasteiger partial charge in [0.05, 0.1) is 5.02 Å². The first-order valence-corrected chi connectivity index (χ1v) is 10.4. The maximum atomic E-state index is 12.3. The van der Waals surface area contributed by atoms with E-state index in [0.29, 0.717) is 5.02 Å². The average Bonchev–Trinajstić information content (AvgIpc) is 3.04. The minimum Gasteiger partial charge on any atom is -0.372 e. The number of thiophene rings is 1. The van der Waals surface area contributed by atoms with Crippen molar-refractivity contribution in [3.05, 3.63) is 64.5 Å². The first-order chi connectivity index (χ1) is 13.2. The predicted molar refractivity (Wildman–Crippen MR) is 117 cm³/mol. The summed E-state index contributed by atoms with van der Waals surface area (Å²) in [6.07, 6.45) is 7.15. The van der Waals surface area contributed by atoms with E-state index in [1.807, 2.05) is 36.4 Å². The van der Waals surface area contributed by atoms with Crippen LogP contribution < -0.4 is 10.2 Å². The molecule has 0 spiro atoms. The molecule has 1 aromatic heterocycles. The van der Waals surface area contributed by atoms with Crippen LogP contribution in [0.25, 0.3) is 16.2 Å². The molecular weight excluding hydrogens is 376 g/mol. The standard InChI is InChI=1S/C22H21ClN2OS/c23-22-18-6-2-3-7-19(18)27-20(22)12-13-21(26)24-16-8-10-17(11-9-16)25-14-4-1-5-15-25/h2-3,6-13H,1,4-5,14-15H2,(H,24,26)/b13-12+. The number of piperidine rings is 1. The highest BCUT2D eigenvalue weighted by Crippen LogP contribution is 2.35. The lowest BCUT2D eigenvalue weighted by Gasteiger charge is -2.28. The lowest BCUT2D eigenvalue weighted by Crippen LogP contribution is -2.29. The van der Waals surface area contributed by atoms with Crippen molar-refractivity contribution >= 4 is 56.4 Å². The summed E-state index contributed by atoms with van der Waals surface area (Å²) >= 11 is 8.00. The molecule has 0 saturated carbocycles. The molecule has 1 saturated heterocycles. The van der Waals surface area contributed by atoms with Crippen LogP contribution in [0.15, 0.2) is 54.6 Å². The zero-order chi connectivity index (χ0) is 18.6. The van der Waals surface area contributed by atoms with Crippen LogP contribution in [-0.2, 0) is 4.79 Å². The van der Waals surface area contributed by atoms with Crippen LogP contribution in [-0.4, -0.2) is 19.0 Å². The van der Waals surface area contributed by atoms with E-state index in [2.05, 4.69) is 22.3 Å². The Balaban J connectivity index is 1.41. The molecule has 0 atom stereocenters. The topological polar surface area (TPSA) is 32.3 Å². The number of carbonyl (C=O) groups excluding carboxylic acids is 1. The van der Waals surface area contributed by atoms with Gasteiger partial charge in [0.15, 0.2) is 0 Å². The molecule has 0 unspecified atom stereocenters. The first-order valence-electron chi connectivity index (χ1n) is 9.22. The number of rotatable bonds is 4. The smallest absolute Gasteiger partial charge is 0.248 e. The molecule has 1 fully saturated rings. The molecule has 0 radical (unpaired) electrons. The van der Waals surface area contributed by atoms with E-state index in [9.17, 15) is 4.79 Å². The summed E-state index contributed by atoms with van der Waals surface area (Å²) in [5, 5.41) is 4.64. The Kier molecular flexibility index (Phi) is 5.46. The molecule has 1 N–H and O–H groups in total. The van der Waals surface area contributed by atoms with Crippen LogP contribution >= 0.6 is 22.9 Å². The third kappa shape index (κ3) is 4.18. The van der Waals surface area contributed by atoms with Gasteiger partial charge in [-0.05, 0) is 55.7 Å². The van der Waals surface area contributed by atoms with Gasteiger partial charge in [-0.3, -0.25) is 4.79 Å². The lowest BCUT2D eigenvalue weighted by molar-refractivity contribution is -0.111. The van der Waals surface area contributed by atoms with Crippen LogP contribution in [0.2, 0.25) is 5.02 Å². The van der Waals surface area contributed by atoms with Gasteiger partial charge in [0, 0.05) is 45.5 Å². The number of fused-ring (bicyclic) bond motifs is 1. The maximum absolute atomic E-state index is 12.3. The molecule has 138 valence electrons. The largest absolute Gasteiger partial charge is 0.372 e. The van der Waals surface area contributed by atoms with Crippen molar-refractivity contribution < 1.29 is 4.79 Å². The summed E-state index contributed by atoms with van der Waals surface area (Å²) in [5.41, 5.74) is 2.02. The Bertz CT molecular complexity index is 972. The summed E-state index contributed by atoms with van der Waals surface area (Å²) in [4.78, 5) is 15.6. The number of halogens is 1. The van der Waals surface area contributed by atoms with Crippen LogP contribution in [0.4, 0.5) is 11.4 Å². The third-order valence-corrected chi connectivity index (χ3v) is 6.46. The fraction of sp³-hybridized carbons (Fsp3) is 0.227. The number of anilines is 2. The van der Waals surface area contributed by atoms with Crippen molar-refractivity contribution in [2.75, 3.05) is 23.3 Å². The predicted octanol–water partition coefficient (Wildman–Crippen LogP) is 6.20. The number of hydrogen-bond donors (Lipinski definition) is 1. The van der Waals surface area contributed by atoms with Crippen molar-refractivity contribution in [1.29, 1.82) is 0 Å². The molecule has 1 amide bonds. The number of nitrogens with zero attached hydrogens (tertiary/aromatic N) is 1. The summed E-state index contributed by atoms with van der Waals surface area (Å²) in [6.45, 7) is 2.23. The lowest BCUT2D eigenvalue weighted by atomic mass is 10.1. The fourth-order valence-electron chi connectivity index (χ4n) is 3.38. The van der Waals surface area contributed by atoms with E-state index in [0.717, 1.165) is 33.7 Å². The summed E-state index contributed by atoms with van der Waals surface area (Å²) in [6, 6.07) is 16.1. The van der Waals surface area contributed by atoms with Crippen molar-refractivity contribution in [3.63, 3.8) is 0 Å². The number of amides is 1. The molecule has 3 nitrogen and oxygen atoms in total. The van der Waals surface area contributed by atoms with E-state index in [4.69, 9.17) is 11.6 Å². The van der Waals surface area contributed by atoms with Crippen molar-refractivity contribution in [2.45, 2.75) is 19.3 Å². The molecule has 5 heteroatoms. The van der Waals surface area contributed by atoms with Crippen LogP contribution in [0.5, 0.6) is 0 Å². The van der Waals surface area contributed by atoms with Gasteiger partial charge in [0.1, 0.15) is 0 Å².